The quantitative estimate of drug-likeness (QED) is 0.891. The van der Waals surface area contributed by atoms with E-state index in [2.05, 4.69) is 41.7 Å². The van der Waals surface area contributed by atoms with Crippen LogP contribution in [0.4, 0.5) is 0 Å². The first kappa shape index (κ1) is 14.4. The summed E-state index contributed by atoms with van der Waals surface area (Å²) < 4.78 is 0. The zero-order chi connectivity index (χ0) is 13.8. The molecule has 1 aromatic heterocycles. The molecule has 1 saturated heterocycles. The van der Waals surface area contributed by atoms with Gasteiger partial charge in [0.2, 0.25) is 0 Å². The number of rotatable bonds is 4. The lowest BCUT2D eigenvalue weighted by molar-refractivity contribution is 0.0641. The van der Waals surface area contributed by atoms with Gasteiger partial charge < -0.3 is 10.6 Å². The molecule has 106 valence electrons. The lowest BCUT2D eigenvalue weighted by Crippen LogP contribution is -2.53. The normalized spacial score (nSPS) is 23.5. The highest BCUT2D eigenvalue weighted by molar-refractivity contribution is 5.25. The SMILES string of the molecule is CCC1CN(C(CN)c2cnccc2C)CCN1C. The first-order valence-corrected chi connectivity index (χ1v) is 7.22. The highest BCUT2D eigenvalue weighted by Gasteiger charge is 2.28. The molecule has 0 aliphatic carbocycles. The maximum absolute atomic E-state index is 6.04. The highest BCUT2D eigenvalue weighted by Crippen LogP contribution is 2.25. The van der Waals surface area contributed by atoms with Gasteiger partial charge in [0, 0.05) is 50.7 Å². The highest BCUT2D eigenvalue weighted by atomic mass is 15.3. The predicted molar refractivity (Wildman–Crippen MR) is 79.1 cm³/mol. The summed E-state index contributed by atoms with van der Waals surface area (Å²) in [6.45, 7) is 8.37. The van der Waals surface area contributed by atoms with E-state index in [-0.39, 0.29) is 0 Å². The van der Waals surface area contributed by atoms with Gasteiger partial charge in [-0.05, 0) is 37.6 Å². The molecular weight excluding hydrogens is 236 g/mol. The van der Waals surface area contributed by atoms with Crippen molar-refractivity contribution in [1.82, 2.24) is 14.8 Å². The molecule has 2 unspecified atom stereocenters. The summed E-state index contributed by atoms with van der Waals surface area (Å²) in [6, 6.07) is 3.02. The van der Waals surface area contributed by atoms with Crippen molar-refractivity contribution < 1.29 is 0 Å². The molecule has 1 aromatic rings. The van der Waals surface area contributed by atoms with Crippen LogP contribution in [0.5, 0.6) is 0 Å². The predicted octanol–water partition coefficient (Wildman–Crippen LogP) is 1.42. The third-order valence-electron chi connectivity index (χ3n) is 4.38. The van der Waals surface area contributed by atoms with Crippen LogP contribution in [0.25, 0.3) is 0 Å². The van der Waals surface area contributed by atoms with Gasteiger partial charge >= 0.3 is 0 Å². The fourth-order valence-electron chi connectivity index (χ4n) is 2.99. The van der Waals surface area contributed by atoms with Crippen molar-refractivity contribution in [3.05, 3.63) is 29.6 Å². The molecule has 2 heterocycles. The van der Waals surface area contributed by atoms with E-state index >= 15 is 0 Å². The van der Waals surface area contributed by atoms with E-state index in [0.717, 1.165) is 19.6 Å². The number of likely N-dealkylation sites (N-methyl/N-ethyl adjacent to an activating group) is 1. The summed E-state index contributed by atoms with van der Waals surface area (Å²) >= 11 is 0. The first-order chi connectivity index (χ1) is 9.17. The Morgan fingerprint density at radius 3 is 2.89 bits per heavy atom. The van der Waals surface area contributed by atoms with Crippen LogP contribution in [0.15, 0.2) is 18.5 Å². The number of nitrogens with zero attached hydrogens (tertiary/aromatic N) is 3. The van der Waals surface area contributed by atoms with Crippen LogP contribution in [-0.2, 0) is 0 Å². The molecule has 4 heteroatoms. The molecule has 0 bridgehead atoms. The van der Waals surface area contributed by atoms with Crippen LogP contribution < -0.4 is 5.73 Å². The fraction of sp³-hybridized carbons (Fsp3) is 0.667. The third kappa shape index (κ3) is 3.14. The van der Waals surface area contributed by atoms with Gasteiger partial charge in [-0.3, -0.25) is 9.88 Å². The number of piperazine rings is 1. The van der Waals surface area contributed by atoms with Crippen molar-refractivity contribution in [2.24, 2.45) is 5.73 Å². The van der Waals surface area contributed by atoms with Crippen LogP contribution in [-0.4, -0.2) is 54.1 Å². The first-order valence-electron chi connectivity index (χ1n) is 7.22. The summed E-state index contributed by atoms with van der Waals surface area (Å²) in [6.07, 6.45) is 5.02. The van der Waals surface area contributed by atoms with Gasteiger partial charge in [0.25, 0.3) is 0 Å². The Labute approximate surface area is 116 Å². The monoisotopic (exact) mass is 262 g/mol. The molecule has 0 amide bonds. The van der Waals surface area contributed by atoms with Gasteiger partial charge in [0.15, 0.2) is 0 Å². The smallest absolute Gasteiger partial charge is 0.0489 e. The minimum Gasteiger partial charge on any atom is -0.329 e. The van der Waals surface area contributed by atoms with Gasteiger partial charge in [0.1, 0.15) is 0 Å². The Morgan fingerprint density at radius 2 is 2.26 bits per heavy atom. The summed E-state index contributed by atoms with van der Waals surface area (Å²) in [5.74, 6) is 0. The zero-order valence-corrected chi connectivity index (χ0v) is 12.3. The molecular formula is C15H26N4. The van der Waals surface area contributed by atoms with Crippen molar-refractivity contribution >= 4 is 0 Å². The Bertz CT molecular complexity index is 407. The van der Waals surface area contributed by atoms with Crippen LogP contribution in [0.1, 0.15) is 30.5 Å². The second-order valence-electron chi connectivity index (χ2n) is 5.52. The fourth-order valence-corrected chi connectivity index (χ4v) is 2.99. The average molecular weight is 262 g/mol. The molecule has 2 atom stereocenters. The standard InChI is InChI=1S/C15H26N4/c1-4-13-11-19(8-7-18(13)3)15(9-16)14-10-17-6-5-12(14)2/h5-6,10,13,15H,4,7-9,11,16H2,1-3H3. The van der Waals surface area contributed by atoms with E-state index < -0.39 is 0 Å². The lowest BCUT2D eigenvalue weighted by atomic mass is 10.00. The summed E-state index contributed by atoms with van der Waals surface area (Å²) in [5.41, 5.74) is 8.61. The Balaban J connectivity index is 2.16. The van der Waals surface area contributed by atoms with Crippen molar-refractivity contribution in [3.63, 3.8) is 0 Å². The Hall–Kier alpha value is -0.970. The zero-order valence-electron chi connectivity index (χ0n) is 12.3. The third-order valence-corrected chi connectivity index (χ3v) is 4.38. The van der Waals surface area contributed by atoms with Gasteiger partial charge in [-0.1, -0.05) is 6.92 Å². The molecule has 2 rings (SSSR count). The summed E-state index contributed by atoms with van der Waals surface area (Å²) in [4.78, 5) is 9.26. The van der Waals surface area contributed by atoms with Crippen LogP contribution in [0.2, 0.25) is 0 Å². The van der Waals surface area contributed by atoms with E-state index in [0.29, 0.717) is 18.6 Å². The minimum absolute atomic E-state index is 0.302. The Morgan fingerprint density at radius 1 is 1.47 bits per heavy atom. The summed E-state index contributed by atoms with van der Waals surface area (Å²) in [5, 5.41) is 0. The second kappa shape index (κ2) is 6.46. The molecule has 19 heavy (non-hydrogen) atoms. The molecule has 2 N–H and O–H groups in total. The number of hydrogen-bond acceptors (Lipinski definition) is 4. The topological polar surface area (TPSA) is 45.4 Å². The number of aromatic nitrogens is 1. The van der Waals surface area contributed by atoms with E-state index in [1.807, 2.05) is 12.4 Å². The molecule has 1 aliphatic rings. The van der Waals surface area contributed by atoms with Gasteiger partial charge in [0.05, 0.1) is 0 Å². The second-order valence-corrected chi connectivity index (χ2v) is 5.52. The maximum atomic E-state index is 6.04. The average Bonchev–Trinajstić information content (AvgIpc) is 2.43. The van der Waals surface area contributed by atoms with Crippen molar-refractivity contribution in [1.29, 1.82) is 0 Å². The largest absolute Gasteiger partial charge is 0.329 e. The van der Waals surface area contributed by atoms with Crippen molar-refractivity contribution in [2.75, 3.05) is 33.2 Å². The van der Waals surface area contributed by atoms with E-state index in [9.17, 15) is 0 Å². The molecule has 4 nitrogen and oxygen atoms in total. The minimum atomic E-state index is 0.302. The van der Waals surface area contributed by atoms with Crippen LogP contribution >= 0.6 is 0 Å². The molecule has 0 spiro atoms. The van der Waals surface area contributed by atoms with Gasteiger partial charge in [-0.15, -0.1) is 0 Å². The van der Waals surface area contributed by atoms with Crippen molar-refractivity contribution in [2.45, 2.75) is 32.4 Å². The molecule has 1 fully saturated rings. The van der Waals surface area contributed by atoms with E-state index in [1.54, 1.807) is 0 Å². The molecule has 0 radical (unpaired) electrons. The number of aryl methyl sites for hydroxylation is 1. The maximum Gasteiger partial charge on any atom is 0.0489 e. The van der Waals surface area contributed by atoms with Crippen LogP contribution in [0.3, 0.4) is 0 Å². The number of nitrogens with two attached hydrogens (primary N) is 1. The summed E-state index contributed by atoms with van der Waals surface area (Å²) in [7, 11) is 2.22. The van der Waals surface area contributed by atoms with Crippen LogP contribution in [0, 0.1) is 6.92 Å². The molecule has 1 aliphatic heterocycles. The van der Waals surface area contributed by atoms with Gasteiger partial charge in [-0.25, -0.2) is 0 Å². The van der Waals surface area contributed by atoms with E-state index in [1.165, 1.54) is 17.5 Å². The molecule has 0 aromatic carbocycles. The lowest BCUT2D eigenvalue weighted by Gasteiger charge is -2.43. The molecule has 0 saturated carbocycles. The Kier molecular flexibility index (Phi) is 4.91. The number of pyridine rings is 1. The van der Waals surface area contributed by atoms with Crippen molar-refractivity contribution in [3.8, 4) is 0 Å². The van der Waals surface area contributed by atoms with E-state index in [4.69, 9.17) is 5.73 Å². The number of hydrogen-bond donors (Lipinski definition) is 1. The van der Waals surface area contributed by atoms with Gasteiger partial charge in [-0.2, -0.15) is 0 Å².